The molecule has 0 radical (unpaired) electrons. The van der Waals surface area contributed by atoms with Crippen LogP contribution in [0.5, 0.6) is 5.88 Å². The van der Waals surface area contributed by atoms with Crippen LogP contribution in [0, 0.1) is 12.8 Å². The van der Waals surface area contributed by atoms with E-state index in [1.165, 1.54) is 16.8 Å². The first-order valence-corrected chi connectivity index (χ1v) is 23.6. The lowest BCUT2D eigenvalue weighted by Crippen LogP contribution is -2.54. The first kappa shape index (κ1) is 44.1. The van der Waals surface area contributed by atoms with Crippen LogP contribution in [0.4, 0.5) is 39.0 Å². The van der Waals surface area contributed by atoms with Crippen LogP contribution in [0.2, 0.25) is 0 Å². The van der Waals surface area contributed by atoms with Crippen LogP contribution in [-0.4, -0.2) is 127 Å². The molecule has 0 spiro atoms. The number of rotatable bonds is 8. The molecule has 4 aromatic rings. The summed E-state index contributed by atoms with van der Waals surface area (Å²) in [5.41, 5.74) is 8.07. The third-order valence-electron chi connectivity index (χ3n) is 13.9. The van der Waals surface area contributed by atoms with E-state index in [2.05, 4.69) is 65.5 Å². The molecule has 3 saturated heterocycles. The SMILES string of the molecule is Cc1c(N2CCc3cnc(Nc4ccc(N5CCC(CN6CCN(c7ccc8c(c7)C(=O)N(C7CCC(=O)NC7=O)C8=O)CC6)CC5)cc4)cc3C2)cnc2c1N(C(=O)OC(C)(C)C)CCO2. The molecule has 8 heterocycles. The number of ether oxygens (including phenoxy) is 2. The van der Waals surface area contributed by atoms with Crippen molar-refractivity contribution in [2.75, 3.05) is 90.4 Å². The maximum absolute atomic E-state index is 13.4. The number of piperidine rings is 2. The van der Waals surface area contributed by atoms with Gasteiger partial charge in [0, 0.05) is 94.1 Å². The molecule has 6 aliphatic heterocycles. The molecule has 2 aromatic carbocycles. The van der Waals surface area contributed by atoms with Gasteiger partial charge in [-0.2, -0.15) is 0 Å². The molecule has 350 valence electrons. The van der Waals surface area contributed by atoms with Crippen LogP contribution >= 0.6 is 0 Å². The van der Waals surface area contributed by atoms with Gasteiger partial charge in [-0.25, -0.2) is 14.8 Å². The maximum atomic E-state index is 13.4. The number of benzene rings is 2. The van der Waals surface area contributed by atoms with Crippen LogP contribution in [0.3, 0.4) is 0 Å². The Morgan fingerprint density at radius 2 is 1.52 bits per heavy atom. The minimum atomic E-state index is -0.970. The van der Waals surface area contributed by atoms with Crippen molar-refractivity contribution in [2.45, 2.75) is 78.0 Å². The van der Waals surface area contributed by atoms with Gasteiger partial charge in [0.25, 0.3) is 11.8 Å². The zero-order valence-corrected chi connectivity index (χ0v) is 38.7. The molecule has 0 aliphatic carbocycles. The Balaban J connectivity index is 0.697. The lowest BCUT2D eigenvalue weighted by atomic mass is 9.95. The average Bonchev–Trinajstić information content (AvgIpc) is 3.56. The van der Waals surface area contributed by atoms with Crippen molar-refractivity contribution >= 4 is 64.0 Å². The number of imide groups is 2. The Bertz CT molecular complexity index is 2620. The number of anilines is 6. The summed E-state index contributed by atoms with van der Waals surface area (Å²) in [4.78, 5) is 85.6. The summed E-state index contributed by atoms with van der Waals surface area (Å²) in [6, 6.07) is 15.2. The summed E-state index contributed by atoms with van der Waals surface area (Å²) < 4.78 is 11.6. The normalized spacial score (nSPS) is 20.3. The summed E-state index contributed by atoms with van der Waals surface area (Å²) in [7, 11) is 0. The zero-order chi connectivity index (χ0) is 46.6. The zero-order valence-electron chi connectivity index (χ0n) is 38.7. The van der Waals surface area contributed by atoms with Gasteiger partial charge in [-0.1, -0.05) is 0 Å². The highest BCUT2D eigenvalue weighted by Crippen LogP contribution is 2.40. The second-order valence-electron chi connectivity index (χ2n) is 19.5. The van der Waals surface area contributed by atoms with Gasteiger partial charge >= 0.3 is 6.09 Å². The third-order valence-corrected chi connectivity index (χ3v) is 13.9. The number of hydrogen-bond acceptors (Lipinski definition) is 14. The van der Waals surface area contributed by atoms with E-state index in [1.807, 2.05) is 46.2 Å². The van der Waals surface area contributed by atoms with Crippen molar-refractivity contribution in [2.24, 2.45) is 5.92 Å². The van der Waals surface area contributed by atoms with E-state index in [1.54, 1.807) is 17.0 Å². The average molecular weight is 911 g/mol. The lowest BCUT2D eigenvalue weighted by Gasteiger charge is -2.40. The number of nitrogens with zero attached hydrogens (tertiary/aromatic N) is 8. The number of carbonyl (C=O) groups is 5. The van der Waals surface area contributed by atoms with Crippen molar-refractivity contribution in [3.8, 4) is 5.88 Å². The van der Waals surface area contributed by atoms with Gasteiger partial charge in [0.05, 0.1) is 29.6 Å². The van der Waals surface area contributed by atoms with Gasteiger partial charge in [0.15, 0.2) is 0 Å². The summed E-state index contributed by atoms with van der Waals surface area (Å²) in [5, 5.41) is 5.78. The number of aromatic nitrogens is 2. The minimum Gasteiger partial charge on any atom is -0.474 e. The molecule has 1 unspecified atom stereocenters. The molecular formula is C50H58N10O7. The summed E-state index contributed by atoms with van der Waals surface area (Å²) in [6.45, 7) is 16.4. The molecule has 1 atom stereocenters. The maximum Gasteiger partial charge on any atom is 0.415 e. The number of carbonyl (C=O) groups excluding carboxylic acids is 5. The topological polar surface area (TPSA) is 173 Å². The van der Waals surface area contributed by atoms with E-state index in [0.717, 1.165) is 105 Å². The molecule has 10 rings (SSSR count). The van der Waals surface area contributed by atoms with Gasteiger partial charge in [-0.15, -0.1) is 0 Å². The summed E-state index contributed by atoms with van der Waals surface area (Å²) in [6.07, 6.45) is 6.75. The van der Waals surface area contributed by atoms with Crippen molar-refractivity contribution < 1.29 is 33.4 Å². The standard InChI is InChI=1S/C50H58N10O7/c1-31-41(28-52-46-44(31)59(23-24-66-46)49(65)67-50(2,3)4)58-18-15-33-27-51-42(25-34(33)30-58)53-35-5-7-36(8-6-35)56-16-13-32(14-17-56)29-55-19-21-57(22-20-55)37-9-10-38-39(26-37)48(64)60(47(38)63)40-11-12-43(61)54-45(40)62/h5-10,25-28,32,40H,11-24,29-30H2,1-4H3,(H,51,53)(H,54,61,62). The highest BCUT2D eigenvalue weighted by atomic mass is 16.6. The molecule has 2 N–H and O–H groups in total. The number of piperazine rings is 1. The molecule has 5 amide bonds. The number of amides is 5. The quantitative estimate of drug-likeness (QED) is 0.207. The van der Waals surface area contributed by atoms with Gasteiger partial charge in [0.2, 0.25) is 17.7 Å². The molecule has 0 bridgehead atoms. The number of pyridine rings is 2. The van der Waals surface area contributed by atoms with Gasteiger partial charge in [-0.05, 0) is 119 Å². The van der Waals surface area contributed by atoms with E-state index < -0.39 is 35.5 Å². The molecule has 67 heavy (non-hydrogen) atoms. The monoisotopic (exact) mass is 910 g/mol. The third kappa shape index (κ3) is 8.96. The van der Waals surface area contributed by atoms with Crippen LogP contribution in [0.15, 0.2) is 60.9 Å². The van der Waals surface area contributed by atoms with Gasteiger partial charge in [0.1, 0.15) is 29.8 Å². The molecule has 17 heteroatoms. The second-order valence-corrected chi connectivity index (χ2v) is 19.5. The summed E-state index contributed by atoms with van der Waals surface area (Å²) in [5.74, 6) is -0.0943. The number of hydrogen-bond donors (Lipinski definition) is 2. The fourth-order valence-electron chi connectivity index (χ4n) is 10.3. The Morgan fingerprint density at radius 3 is 2.27 bits per heavy atom. The molecule has 6 aliphatic rings. The summed E-state index contributed by atoms with van der Waals surface area (Å²) >= 11 is 0. The smallest absolute Gasteiger partial charge is 0.415 e. The highest BCUT2D eigenvalue weighted by Gasteiger charge is 2.45. The number of fused-ring (bicyclic) bond motifs is 3. The van der Waals surface area contributed by atoms with E-state index in [0.29, 0.717) is 48.3 Å². The molecule has 3 fully saturated rings. The predicted octanol–water partition coefficient (Wildman–Crippen LogP) is 5.67. The van der Waals surface area contributed by atoms with Gasteiger partial charge in [-0.3, -0.25) is 39.2 Å². The number of nitrogens with one attached hydrogen (secondary N) is 2. The van der Waals surface area contributed by atoms with Gasteiger partial charge < -0.3 is 29.5 Å². The minimum absolute atomic E-state index is 0.0953. The van der Waals surface area contributed by atoms with Crippen LogP contribution in [0.25, 0.3) is 0 Å². The van der Waals surface area contributed by atoms with Crippen LogP contribution in [-0.2, 0) is 27.3 Å². The fraction of sp³-hybridized carbons (Fsp3) is 0.460. The van der Waals surface area contributed by atoms with Crippen molar-refractivity contribution in [3.63, 3.8) is 0 Å². The second kappa shape index (κ2) is 17.8. The first-order chi connectivity index (χ1) is 32.3. The first-order valence-electron chi connectivity index (χ1n) is 23.6. The highest BCUT2D eigenvalue weighted by molar-refractivity contribution is 6.23. The van der Waals surface area contributed by atoms with Crippen molar-refractivity contribution in [3.05, 3.63) is 88.7 Å². The van der Waals surface area contributed by atoms with Crippen LogP contribution < -0.4 is 35.0 Å². The molecular weight excluding hydrogens is 853 g/mol. The fourth-order valence-corrected chi connectivity index (χ4v) is 10.3. The predicted molar refractivity (Wildman–Crippen MR) is 253 cm³/mol. The van der Waals surface area contributed by atoms with E-state index in [9.17, 15) is 24.0 Å². The molecule has 17 nitrogen and oxygen atoms in total. The van der Waals surface area contributed by atoms with Crippen molar-refractivity contribution in [1.82, 2.24) is 25.1 Å². The molecule has 2 aromatic heterocycles. The Kier molecular flexibility index (Phi) is 11.7. The largest absolute Gasteiger partial charge is 0.474 e. The van der Waals surface area contributed by atoms with Crippen molar-refractivity contribution in [1.29, 1.82) is 0 Å². The molecule has 0 saturated carbocycles. The van der Waals surface area contributed by atoms with E-state index in [4.69, 9.17) is 14.5 Å². The Morgan fingerprint density at radius 1 is 0.791 bits per heavy atom. The van der Waals surface area contributed by atoms with E-state index >= 15 is 0 Å². The Hall–Kier alpha value is -6.75. The Labute approximate surface area is 390 Å². The lowest BCUT2D eigenvalue weighted by molar-refractivity contribution is -0.136. The van der Waals surface area contributed by atoms with Crippen LogP contribution in [0.1, 0.15) is 83.9 Å². The van der Waals surface area contributed by atoms with E-state index in [-0.39, 0.29) is 18.7 Å².